The van der Waals surface area contributed by atoms with E-state index >= 15 is 0 Å². The molecule has 176 valence electrons. The maximum absolute atomic E-state index is 13.8. The third-order valence-electron chi connectivity index (χ3n) is 5.83. The number of amides is 1. The number of morpholine rings is 1. The molecule has 4 rings (SSSR count). The Morgan fingerprint density at radius 2 is 1.67 bits per heavy atom. The first-order valence-electron chi connectivity index (χ1n) is 11.1. The predicted octanol–water partition coefficient (Wildman–Crippen LogP) is 3.49. The highest BCUT2D eigenvalue weighted by atomic mass is 32.2. The van der Waals surface area contributed by atoms with E-state index in [1.807, 2.05) is 0 Å². The minimum absolute atomic E-state index is 0.205. The summed E-state index contributed by atoms with van der Waals surface area (Å²) in [6.45, 7) is 3.21. The van der Waals surface area contributed by atoms with Gasteiger partial charge in [0.1, 0.15) is 5.82 Å². The Morgan fingerprint density at radius 1 is 0.970 bits per heavy atom. The minimum atomic E-state index is -3.56. The smallest absolute Gasteiger partial charge is 0.248 e. The van der Waals surface area contributed by atoms with Crippen molar-refractivity contribution in [2.75, 3.05) is 49.6 Å². The molecule has 7 nitrogen and oxygen atoms in total. The molecule has 1 amide bonds. The number of carbonyl (C=O) groups excluding carboxylic acids is 1. The number of hydrogen-bond acceptors (Lipinski definition) is 5. The van der Waals surface area contributed by atoms with Gasteiger partial charge in [-0.1, -0.05) is 12.1 Å². The molecule has 0 saturated carbocycles. The fraction of sp³-hybridized carbons (Fsp3) is 0.375. The largest absolute Gasteiger partial charge is 0.379 e. The molecule has 2 aromatic rings. The third kappa shape index (κ3) is 5.79. The van der Waals surface area contributed by atoms with Crippen molar-refractivity contribution in [2.45, 2.75) is 24.2 Å². The Labute approximate surface area is 193 Å². The van der Waals surface area contributed by atoms with Gasteiger partial charge in [-0.25, -0.2) is 12.8 Å². The van der Waals surface area contributed by atoms with Crippen LogP contribution < -0.4 is 10.2 Å². The van der Waals surface area contributed by atoms with Crippen molar-refractivity contribution in [2.24, 2.45) is 0 Å². The first-order chi connectivity index (χ1) is 15.9. The Bertz CT molecular complexity index is 1110. The molecule has 2 saturated heterocycles. The van der Waals surface area contributed by atoms with Gasteiger partial charge in [-0.2, -0.15) is 4.31 Å². The molecule has 2 heterocycles. The van der Waals surface area contributed by atoms with E-state index in [1.165, 1.54) is 41.1 Å². The molecule has 0 spiro atoms. The zero-order chi connectivity index (χ0) is 23.3. The molecule has 2 fully saturated rings. The number of ether oxygens (including phenoxy) is 1. The molecular formula is C24H28FN3O4S. The van der Waals surface area contributed by atoms with Crippen LogP contribution in [0.2, 0.25) is 0 Å². The zero-order valence-corrected chi connectivity index (χ0v) is 19.2. The van der Waals surface area contributed by atoms with E-state index in [-0.39, 0.29) is 10.8 Å². The van der Waals surface area contributed by atoms with Crippen molar-refractivity contribution in [1.29, 1.82) is 0 Å². The first-order valence-corrected chi connectivity index (χ1v) is 12.6. The van der Waals surface area contributed by atoms with Gasteiger partial charge >= 0.3 is 0 Å². The highest BCUT2D eigenvalue weighted by Gasteiger charge is 2.26. The molecule has 2 aliphatic heterocycles. The number of nitrogens with one attached hydrogen (secondary N) is 1. The molecule has 0 bridgehead atoms. The van der Waals surface area contributed by atoms with E-state index in [1.54, 1.807) is 24.3 Å². The molecule has 0 aromatic heterocycles. The van der Waals surface area contributed by atoms with Gasteiger partial charge in [0.15, 0.2) is 0 Å². The average Bonchev–Trinajstić information content (AvgIpc) is 2.84. The summed E-state index contributed by atoms with van der Waals surface area (Å²) >= 11 is 0. The topological polar surface area (TPSA) is 79.0 Å². The molecule has 0 radical (unpaired) electrons. The quantitative estimate of drug-likeness (QED) is 0.650. The molecule has 2 aliphatic rings. The van der Waals surface area contributed by atoms with Gasteiger partial charge in [-0.05, 0) is 61.2 Å². The van der Waals surface area contributed by atoms with Crippen LogP contribution in [0.1, 0.15) is 24.8 Å². The summed E-state index contributed by atoms with van der Waals surface area (Å²) in [5.74, 6) is -0.795. The van der Waals surface area contributed by atoms with Crippen LogP contribution in [-0.4, -0.2) is 58.0 Å². The molecule has 2 aromatic carbocycles. The molecule has 1 N–H and O–H groups in total. The SMILES string of the molecule is O=C(/C=C/c1ccc(S(=O)(=O)N2CCOCC2)cc1)Nc1cc(F)ccc1N1CCCCC1. The van der Waals surface area contributed by atoms with E-state index in [0.717, 1.165) is 31.6 Å². The van der Waals surface area contributed by atoms with Crippen molar-refractivity contribution in [3.8, 4) is 0 Å². The lowest BCUT2D eigenvalue weighted by Crippen LogP contribution is -2.40. The fourth-order valence-electron chi connectivity index (χ4n) is 4.05. The highest BCUT2D eigenvalue weighted by molar-refractivity contribution is 7.89. The summed E-state index contributed by atoms with van der Waals surface area (Å²) in [4.78, 5) is 14.9. The molecule has 33 heavy (non-hydrogen) atoms. The van der Waals surface area contributed by atoms with E-state index in [4.69, 9.17) is 4.74 Å². The number of rotatable bonds is 6. The normalized spacial score (nSPS) is 17.9. The number of carbonyl (C=O) groups is 1. The molecular weight excluding hydrogens is 445 g/mol. The van der Waals surface area contributed by atoms with Crippen LogP contribution in [0.5, 0.6) is 0 Å². The van der Waals surface area contributed by atoms with Crippen LogP contribution in [0.15, 0.2) is 53.4 Å². The Kier molecular flexibility index (Phi) is 7.42. The van der Waals surface area contributed by atoms with Crippen molar-refractivity contribution < 1.29 is 22.3 Å². The summed E-state index contributed by atoms with van der Waals surface area (Å²) in [7, 11) is -3.56. The number of benzene rings is 2. The number of hydrogen-bond donors (Lipinski definition) is 1. The lowest BCUT2D eigenvalue weighted by atomic mass is 10.1. The van der Waals surface area contributed by atoms with Crippen LogP contribution in [0.4, 0.5) is 15.8 Å². The van der Waals surface area contributed by atoms with Crippen LogP contribution >= 0.6 is 0 Å². The predicted molar refractivity (Wildman–Crippen MR) is 126 cm³/mol. The summed E-state index contributed by atoms with van der Waals surface area (Å²) in [5, 5.41) is 2.78. The minimum Gasteiger partial charge on any atom is -0.379 e. The number of piperidine rings is 1. The lowest BCUT2D eigenvalue weighted by molar-refractivity contribution is -0.111. The van der Waals surface area contributed by atoms with E-state index in [0.29, 0.717) is 37.6 Å². The van der Waals surface area contributed by atoms with Gasteiger partial charge in [0, 0.05) is 32.3 Å². The summed E-state index contributed by atoms with van der Waals surface area (Å²) < 4.78 is 45.9. The van der Waals surface area contributed by atoms with Crippen molar-refractivity contribution in [3.05, 3.63) is 59.9 Å². The zero-order valence-electron chi connectivity index (χ0n) is 18.4. The van der Waals surface area contributed by atoms with Crippen molar-refractivity contribution in [3.63, 3.8) is 0 Å². The standard InChI is InChI=1S/C24H28FN3O4S/c25-20-7-10-23(27-12-2-1-3-13-27)22(18-20)26-24(29)11-6-19-4-8-21(9-5-19)33(30,31)28-14-16-32-17-15-28/h4-11,18H,1-3,12-17H2,(H,26,29)/b11-6+. The maximum atomic E-state index is 13.8. The van der Waals surface area contributed by atoms with Crippen LogP contribution in [0.25, 0.3) is 6.08 Å². The highest BCUT2D eigenvalue weighted by Crippen LogP contribution is 2.29. The number of nitrogens with zero attached hydrogens (tertiary/aromatic N) is 2. The maximum Gasteiger partial charge on any atom is 0.248 e. The number of sulfonamides is 1. The van der Waals surface area contributed by atoms with Gasteiger partial charge in [-0.3, -0.25) is 4.79 Å². The molecule has 0 aliphatic carbocycles. The molecule has 0 atom stereocenters. The summed E-state index contributed by atoms with van der Waals surface area (Å²) in [6.07, 6.45) is 6.27. The van der Waals surface area contributed by atoms with E-state index < -0.39 is 15.8 Å². The monoisotopic (exact) mass is 473 g/mol. The summed E-state index contributed by atoms with van der Waals surface area (Å²) in [6, 6.07) is 10.8. The fourth-order valence-corrected chi connectivity index (χ4v) is 5.46. The molecule has 9 heteroatoms. The number of halogens is 1. The van der Waals surface area contributed by atoms with Gasteiger partial charge in [0.25, 0.3) is 0 Å². The van der Waals surface area contributed by atoms with Crippen molar-refractivity contribution >= 4 is 33.4 Å². The summed E-state index contributed by atoms with van der Waals surface area (Å²) in [5.41, 5.74) is 1.94. The second-order valence-electron chi connectivity index (χ2n) is 8.12. The Hall–Kier alpha value is -2.75. The van der Waals surface area contributed by atoms with Crippen LogP contribution in [-0.2, 0) is 19.6 Å². The Morgan fingerprint density at radius 3 is 2.36 bits per heavy atom. The first kappa shape index (κ1) is 23.4. The van der Waals surface area contributed by atoms with Gasteiger partial charge in [-0.15, -0.1) is 0 Å². The second-order valence-corrected chi connectivity index (χ2v) is 10.1. The van der Waals surface area contributed by atoms with Gasteiger partial charge < -0.3 is 15.0 Å². The van der Waals surface area contributed by atoms with Crippen LogP contribution in [0.3, 0.4) is 0 Å². The number of anilines is 2. The molecule has 0 unspecified atom stereocenters. The van der Waals surface area contributed by atoms with E-state index in [9.17, 15) is 17.6 Å². The third-order valence-corrected chi connectivity index (χ3v) is 7.74. The average molecular weight is 474 g/mol. The van der Waals surface area contributed by atoms with E-state index in [2.05, 4.69) is 10.2 Å². The van der Waals surface area contributed by atoms with Gasteiger partial charge in [0.2, 0.25) is 15.9 Å². The lowest BCUT2D eigenvalue weighted by Gasteiger charge is -2.30. The van der Waals surface area contributed by atoms with Gasteiger partial charge in [0.05, 0.1) is 29.5 Å². The second kappa shape index (κ2) is 10.5. The Balaban J connectivity index is 1.42. The van der Waals surface area contributed by atoms with Crippen molar-refractivity contribution in [1.82, 2.24) is 4.31 Å². The van der Waals surface area contributed by atoms with Crippen LogP contribution in [0, 0.1) is 5.82 Å².